The summed E-state index contributed by atoms with van der Waals surface area (Å²) in [4.78, 5) is 27.4. The Bertz CT molecular complexity index is 687. The number of esters is 1. The molecule has 0 aromatic carbocycles. The standard InChI is InChI=1S/C16H23N5O2/c1-5-23-16(22)12-11(2)20-15(19-7-6-10-21(3)4)14-13(12)17-8-9-18-14/h8-9H,5-7,10H2,1-4H3,(H,19,20). The summed E-state index contributed by atoms with van der Waals surface area (Å²) < 4.78 is 5.11. The quantitative estimate of drug-likeness (QED) is 0.617. The number of carbonyl (C=O) groups is 1. The molecule has 2 aromatic rings. The maximum atomic E-state index is 12.2. The molecule has 0 aliphatic heterocycles. The summed E-state index contributed by atoms with van der Waals surface area (Å²) in [5.41, 5.74) is 2.08. The summed E-state index contributed by atoms with van der Waals surface area (Å²) in [6.07, 6.45) is 4.15. The number of pyridine rings is 1. The van der Waals surface area contributed by atoms with E-state index >= 15 is 0 Å². The van der Waals surface area contributed by atoms with Gasteiger partial charge in [-0.25, -0.2) is 14.8 Å². The smallest absolute Gasteiger partial charge is 0.342 e. The third kappa shape index (κ3) is 4.13. The van der Waals surface area contributed by atoms with Gasteiger partial charge in [-0.2, -0.15) is 0 Å². The Morgan fingerprint density at radius 2 is 1.96 bits per heavy atom. The van der Waals surface area contributed by atoms with Gasteiger partial charge in [0.1, 0.15) is 16.6 Å². The third-order valence-electron chi connectivity index (χ3n) is 3.35. The lowest BCUT2D eigenvalue weighted by Gasteiger charge is -2.13. The average molecular weight is 317 g/mol. The van der Waals surface area contributed by atoms with Crippen LogP contribution in [-0.2, 0) is 4.74 Å². The van der Waals surface area contributed by atoms with Gasteiger partial charge >= 0.3 is 5.97 Å². The summed E-state index contributed by atoms with van der Waals surface area (Å²) in [7, 11) is 4.08. The monoisotopic (exact) mass is 317 g/mol. The van der Waals surface area contributed by atoms with Crippen molar-refractivity contribution in [2.45, 2.75) is 20.3 Å². The fourth-order valence-electron chi connectivity index (χ4n) is 2.32. The lowest BCUT2D eigenvalue weighted by Crippen LogP contribution is -2.17. The molecule has 0 fully saturated rings. The molecule has 0 unspecified atom stereocenters. The highest BCUT2D eigenvalue weighted by Gasteiger charge is 2.20. The summed E-state index contributed by atoms with van der Waals surface area (Å²) >= 11 is 0. The summed E-state index contributed by atoms with van der Waals surface area (Å²) in [5, 5.41) is 3.29. The van der Waals surface area contributed by atoms with Crippen molar-refractivity contribution in [1.82, 2.24) is 19.9 Å². The normalized spacial score (nSPS) is 11.0. The van der Waals surface area contributed by atoms with Crippen molar-refractivity contribution in [3.05, 3.63) is 23.7 Å². The van der Waals surface area contributed by atoms with Crippen LogP contribution in [0.5, 0.6) is 0 Å². The number of anilines is 1. The molecule has 0 atom stereocenters. The molecule has 0 aliphatic rings. The number of aromatic nitrogens is 3. The fraction of sp³-hybridized carbons (Fsp3) is 0.500. The molecule has 2 aromatic heterocycles. The van der Waals surface area contributed by atoms with Crippen LogP contribution in [0.3, 0.4) is 0 Å². The predicted molar refractivity (Wildman–Crippen MR) is 89.7 cm³/mol. The molecule has 0 radical (unpaired) electrons. The number of nitrogens with one attached hydrogen (secondary N) is 1. The summed E-state index contributed by atoms with van der Waals surface area (Å²) in [6.45, 7) is 5.62. The molecule has 0 bridgehead atoms. The summed E-state index contributed by atoms with van der Waals surface area (Å²) in [6, 6.07) is 0. The van der Waals surface area contributed by atoms with Crippen molar-refractivity contribution in [2.24, 2.45) is 0 Å². The number of rotatable bonds is 7. The number of hydrogen-bond donors (Lipinski definition) is 1. The fourth-order valence-corrected chi connectivity index (χ4v) is 2.32. The van der Waals surface area contributed by atoms with E-state index in [-0.39, 0.29) is 0 Å². The molecule has 0 aliphatic carbocycles. The van der Waals surface area contributed by atoms with Crippen LogP contribution in [0.1, 0.15) is 29.4 Å². The molecule has 7 nitrogen and oxygen atoms in total. The van der Waals surface area contributed by atoms with Gasteiger partial charge < -0.3 is 15.0 Å². The topological polar surface area (TPSA) is 80.2 Å². The molecule has 0 spiro atoms. The van der Waals surface area contributed by atoms with Crippen molar-refractivity contribution in [1.29, 1.82) is 0 Å². The second kappa shape index (κ2) is 7.82. The van der Waals surface area contributed by atoms with Crippen LogP contribution < -0.4 is 5.32 Å². The molecule has 124 valence electrons. The van der Waals surface area contributed by atoms with E-state index in [1.54, 1.807) is 26.2 Å². The molecule has 7 heteroatoms. The van der Waals surface area contributed by atoms with Gasteiger partial charge in [0.05, 0.1) is 12.3 Å². The molecule has 0 amide bonds. The van der Waals surface area contributed by atoms with E-state index in [0.717, 1.165) is 19.5 Å². The first-order valence-electron chi connectivity index (χ1n) is 7.71. The Labute approximate surface area is 136 Å². The van der Waals surface area contributed by atoms with Crippen LogP contribution in [0.4, 0.5) is 5.82 Å². The Balaban J connectivity index is 2.33. The number of nitrogens with zero attached hydrogens (tertiary/aromatic N) is 4. The zero-order valence-electron chi connectivity index (χ0n) is 14.1. The van der Waals surface area contributed by atoms with Gasteiger partial charge in [-0.05, 0) is 40.9 Å². The molecule has 1 N–H and O–H groups in total. The highest BCUT2D eigenvalue weighted by atomic mass is 16.5. The van der Waals surface area contributed by atoms with Crippen LogP contribution in [-0.4, -0.2) is 59.6 Å². The lowest BCUT2D eigenvalue weighted by molar-refractivity contribution is 0.0527. The zero-order chi connectivity index (χ0) is 16.8. The number of ether oxygens (including phenoxy) is 1. The minimum absolute atomic E-state index is 0.310. The number of hydrogen-bond acceptors (Lipinski definition) is 7. The largest absolute Gasteiger partial charge is 0.462 e. The number of fused-ring (bicyclic) bond motifs is 1. The van der Waals surface area contributed by atoms with Gasteiger partial charge in [0, 0.05) is 18.9 Å². The van der Waals surface area contributed by atoms with E-state index in [9.17, 15) is 4.79 Å². The highest BCUT2D eigenvalue weighted by Crippen LogP contribution is 2.24. The van der Waals surface area contributed by atoms with Crippen LogP contribution in [0.25, 0.3) is 11.0 Å². The van der Waals surface area contributed by atoms with Crippen LogP contribution in [0, 0.1) is 6.92 Å². The van der Waals surface area contributed by atoms with Gasteiger partial charge in [0.25, 0.3) is 0 Å². The minimum atomic E-state index is -0.415. The van der Waals surface area contributed by atoms with Gasteiger partial charge in [0.2, 0.25) is 0 Å². The Hall–Kier alpha value is -2.28. The Kier molecular flexibility index (Phi) is 5.81. The maximum Gasteiger partial charge on any atom is 0.342 e. The van der Waals surface area contributed by atoms with E-state index in [1.165, 1.54) is 0 Å². The van der Waals surface area contributed by atoms with Crippen molar-refractivity contribution < 1.29 is 9.53 Å². The molecular weight excluding hydrogens is 294 g/mol. The van der Waals surface area contributed by atoms with Crippen LogP contribution in [0.15, 0.2) is 12.4 Å². The van der Waals surface area contributed by atoms with E-state index in [1.807, 2.05) is 14.1 Å². The van der Waals surface area contributed by atoms with Crippen LogP contribution in [0.2, 0.25) is 0 Å². The molecule has 2 heterocycles. The zero-order valence-corrected chi connectivity index (χ0v) is 14.1. The predicted octanol–water partition coefficient (Wildman–Crippen LogP) is 1.87. The van der Waals surface area contributed by atoms with E-state index in [0.29, 0.717) is 34.7 Å². The minimum Gasteiger partial charge on any atom is -0.462 e. The Morgan fingerprint density at radius 1 is 1.26 bits per heavy atom. The molecule has 0 saturated heterocycles. The summed E-state index contributed by atoms with van der Waals surface area (Å²) in [5.74, 6) is 0.236. The van der Waals surface area contributed by atoms with E-state index in [4.69, 9.17) is 4.74 Å². The van der Waals surface area contributed by atoms with E-state index in [2.05, 4.69) is 25.2 Å². The second-order valence-corrected chi connectivity index (χ2v) is 5.48. The van der Waals surface area contributed by atoms with Crippen molar-refractivity contribution in [3.63, 3.8) is 0 Å². The number of carbonyl (C=O) groups excluding carboxylic acids is 1. The highest BCUT2D eigenvalue weighted by molar-refractivity contribution is 6.05. The second-order valence-electron chi connectivity index (χ2n) is 5.48. The third-order valence-corrected chi connectivity index (χ3v) is 3.35. The lowest BCUT2D eigenvalue weighted by atomic mass is 10.1. The SMILES string of the molecule is CCOC(=O)c1c(C)nc(NCCCN(C)C)c2nccnc12. The molecule has 2 rings (SSSR count). The average Bonchev–Trinajstić information content (AvgIpc) is 2.51. The molecule has 0 saturated carbocycles. The first-order valence-corrected chi connectivity index (χ1v) is 7.71. The molecule has 23 heavy (non-hydrogen) atoms. The van der Waals surface area contributed by atoms with E-state index < -0.39 is 5.97 Å². The van der Waals surface area contributed by atoms with Gasteiger partial charge in [-0.15, -0.1) is 0 Å². The molecular formula is C16H23N5O2. The maximum absolute atomic E-state index is 12.2. The van der Waals surface area contributed by atoms with Crippen LogP contribution >= 0.6 is 0 Å². The van der Waals surface area contributed by atoms with Gasteiger partial charge in [-0.3, -0.25) is 4.98 Å². The first-order chi connectivity index (χ1) is 11.0. The van der Waals surface area contributed by atoms with Gasteiger partial charge in [0.15, 0.2) is 5.82 Å². The van der Waals surface area contributed by atoms with Crippen molar-refractivity contribution >= 4 is 22.8 Å². The first kappa shape index (κ1) is 17.1. The Morgan fingerprint density at radius 3 is 2.61 bits per heavy atom. The van der Waals surface area contributed by atoms with Crippen molar-refractivity contribution in [2.75, 3.05) is 39.1 Å². The number of aryl methyl sites for hydroxylation is 1. The van der Waals surface area contributed by atoms with Crippen molar-refractivity contribution in [3.8, 4) is 0 Å². The van der Waals surface area contributed by atoms with Gasteiger partial charge in [-0.1, -0.05) is 0 Å².